The predicted octanol–water partition coefficient (Wildman–Crippen LogP) is 4.15. The molecule has 92 valence electrons. The van der Waals surface area contributed by atoms with Crippen molar-refractivity contribution in [1.29, 1.82) is 0 Å². The Hall–Kier alpha value is -1.55. The van der Waals surface area contributed by atoms with Gasteiger partial charge in [0.05, 0.1) is 11.4 Å². The van der Waals surface area contributed by atoms with E-state index in [9.17, 15) is 4.39 Å². The number of hydrogen-bond donors (Lipinski definition) is 1. The topological polar surface area (TPSA) is 15.3 Å². The smallest absolute Gasteiger partial charge is 0.123 e. The summed E-state index contributed by atoms with van der Waals surface area (Å²) < 4.78 is 14.0. The fourth-order valence-corrected chi connectivity index (χ4v) is 2.56. The zero-order valence-corrected chi connectivity index (χ0v) is 11.2. The van der Waals surface area contributed by atoms with Crippen molar-refractivity contribution >= 4 is 33.0 Å². The van der Waals surface area contributed by atoms with Gasteiger partial charge in [-0.05, 0) is 42.5 Å². The van der Waals surface area contributed by atoms with Crippen molar-refractivity contribution in [2.45, 2.75) is 0 Å². The van der Waals surface area contributed by atoms with Crippen LogP contribution in [-0.4, -0.2) is 13.1 Å². The highest BCUT2D eigenvalue weighted by Crippen LogP contribution is 2.36. The van der Waals surface area contributed by atoms with Crippen LogP contribution in [0.1, 0.15) is 0 Å². The van der Waals surface area contributed by atoms with Gasteiger partial charge < -0.3 is 10.2 Å². The average Bonchev–Trinajstić information content (AvgIpc) is 2.38. The Balaban J connectivity index is 2.03. The van der Waals surface area contributed by atoms with Crippen LogP contribution in [0.3, 0.4) is 0 Å². The molecule has 1 heterocycles. The summed E-state index contributed by atoms with van der Waals surface area (Å²) in [5, 5.41) is 3.37. The molecule has 0 atom stereocenters. The second kappa shape index (κ2) is 4.61. The van der Waals surface area contributed by atoms with Crippen molar-refractivity contribution in [3.8, 4) is 0 Å². The molecule has 1 N–H and O–H groups in total. The Morgan fingerprint density at radius 3 is 2.67 bits per heavy atom. The van der Waals surface area contributed by atoms with Crippen LogP contribution < -0.4 is 10.2 Å². The molecule has 0 bridgehead atoms. The number of fused-ring (bicyclic) bond motifs is 1. The molecule has 2 aromatic carbocycles. The van der Waals surface area contributed by atoms with E-state index in [0.29, 0.717) is 0 Å². The Labute approximate surface area is 114 Å². The summed E-state index contributed by atoms with van der Waals surface area (Å²) >= 11 is 3.47. The van der Waals surface area contributed by atoms with Crippen LogP contribution in [-0.2, 0) is 0 Å². The number of benzene rings is 2. The first-order chi connectivity index (χ1) is 8.74. The molecule has 2 nitrogen and oxygen atoms in total. The van der Waals surface area contributed by atoms with E-state index in [0.717, 1.165) is 34.6 Å². The van der Waals surface area contributed by atoms with Crippen LogP contribution in [0.25, 0.3) is 0 Å². The third kappa shape index (κ3) is 2.08. The quantitative estimate of drug-likeness (QED) is 0.851. The van der Waals surface area contributed by atoms with E-state index in [-0.39, 0.29) is 5.82 Å². The van der Waals surface area contributed by atoms with Gasteiger partial charge in [0.15, 0.2) is 0 Å². The molecule has 3 rings (SSSR count). The Morgan fingerprint density at radius 2 is 1.89 bits per heavy atom. The van der Waals surface area contributed by atoms with Crippen LogP contribution >= 0.6 is 15.9 Å². The van der Waals surface area contributed by atoms with Crippen molar-refractivity contribution in [2.75, 3.05) is 23.3 Å². The van der Waals surface area contributed by atoms with Gasteiger partial charge in [0.25, 0.3) is 0 Å². The Kier molecular flexibility index (Phi) is 2.96. The van der Waals surface area contributed by atoms with Crippen molar-refractivity contribution in [3.05, 3.63) is 52.8 Å². The molecule has 0 aromatic heterocycles. The molecule has 0 saturated carbocycles. The minimum Gasteiger partial charge on any atom is -0.382 e. The number of nitrogens with one attached hydrogen (secondary N) is 1. The SMILES string of the molecule is Fc1ccc(N2CCNc3cc(Br)ccc32)cc1. The monoisotopic (exact) mass is 306 g/mol. The highest BCUT2D eigenvalue weighted by atomic mass is 79.9. The molecule has 0 spiro atoms. The summed E-state index contributed by atoms with van der Waals surface area (Å²) in [6.45, 7) is 1.75. The summed E-state index contributed by atoms with van der Waals surface area (Å²) in [6, 6.07) is 12.8. The van der Waals surface area contributed by atoms with E-state index in [1.54, 1.807) is 0 Å². The Bertz CT molecular complexity index is 569. The zero-order chi connectivity index (χ0) is 12.5. The average molecular weight is 307 g/mol. The maximum absolute atomic E-state index is 13.0. The van der Waals surface area contributed by atoms with Crippen LogP contribution in [0.5, 0.6) is 0 Å². The lowest BCUT2D eigenvalue weighted by Gasteiger charge is -2.32. The molecule has 1 aliphatic heterocycles. The minimum atomic E-state index is -0.204. The van der Waals surface area contributed by atoms with Gasteiger partial charge in [-0.1, -0.05) is 15.9 Å². The molecular weight excluding hydrogens is 295 g/mol. The van der Waals surface area contributed by atoms with Crippen LogP contribution in [0.2, 0.25) is 0 Å². The fraction of sp³-hybridized carbons (Fsp3) is 0.143. The highest BCUT2D eigenvalue weighted by Gasteiger charge is 2.17. The maximum Gasteiger partial charge on any atom is 0.123 e. The summed E-state index contributed by atoms with van der Waals surface area (Å²) in [6.07, 6.45) is 0. The number of nitrogens with zero attached hydrogens (tertiary/aromatic N) is 1. The number of hydrogen-bond acceptors (Lipinski definition) is 2. The molecule has 1 aliphatic rings. The van der Waals surface area contributed by atoms with E-state index >= 15 is 0 Å². The molecule has 0 unspecified atom stereocenters. The first-order valence-corrected chi connectivity index (χ1v) is 6.60. The van der Waals surface area contributed by atoms with E-state index in [4.69, 9.17) is 0 Å². The van der Waals surface area contributed by atoms with Crippen LogP contribution in [0, 0.1) is 5.82 Å². The summed E-state index contributed by atoms with van der Waals surface area (Å²) in [7, 11) is 0. The molecule has 0 aliphatic carbocycles. The number of rotatable bonds is 1. The normalized spacial score (nSPS) is 14.0. The number of anilines is 3. The molecule has 18 heavy (non-hydrogen) atoms. The van der Waals surface area contributed by atoms with Gasteiger partial charge >= 0.3 is 0 Å². The first-order valence-electron chi connectivity index (χ1n) is 5.80. The molecule has 4 heteroatoms. The second-order valence-corrected chi connectivity index (χ2v) is 5.13. The molecule has 0 saturated heterocycles. The molecular formula is C14H12BrFN2. The van der Waals surface area contributed by atoms with Gasteiger partial charge in [0, 0.05) is 23.2 Å². The third-order valence-corrected chi connectivity index (χ3v) is 3.53. The first kappa shape index (κ1) is 11.5. The Morgan fingerprint density at radius 1 is 1.11 bits per heavy atom. The van der Waals surface area contributed by atoms with E-state index in [1.165, 1.54) is 12.1 Å². The summed E-state index contributed by atoms with van der Waals surface area (Å²) in [5.41, 5.74) is 3.23. The number of halogens is 2. The lowest BCUT2D eigenvalue weighted by atomic mass is 10.1. The van der Waals surface area contributed by atoms with Gasteiger partial charge in [-0.15, -0.1) is 0 Å². The van der Waals surface area contributed by atoms with Gasteiger partial charge in [-0.3, -0.25) is 0 Å². The molecule has 0 amide bonds. The summed E-state index contributed by atoms with van der Waals surface area (Å²) in [4.78, 5) is 2.19. The highest BCUT2D eigenvalue weighted by molar-refractivity contribution is 9.10. The van der Waals surface area contributed by atoms with Gasteiger partial charge in [0.2, 0.25) is 0 Å². The standard InChI is InChI=1S/C14H12BrFN2/c15-10-1-6-14-13(9-10)17-7-8-18(14)12-4-2-11(16)3-5-12/h1-6,9,17H,7-8H2. The van der Waals surface area contributed by atoms with Gasteiger partial charge in [-0.25, -0.2) is 4.39 Å². The van der Waals surface area contributed by atoms with Crippen molar-refractivity contribution in [3.63, 3.8) is 0 Å². The van der Waals surface area contributed by atoms with Gasteiger partial charge in [-0.2, -0.15) is 0 Å². The van der Waals surface area contributed by atoms with Crippen molar-refractivity contribution in [2.24, 2.45) is 0 Å². The lowest BCUT2D eigenvalue weighted by molar-refractivity contribution is 0.627. The van der Waals surface area contributed by atoms with E-state index < -0.39 is 0 Å². The largest absolute Gasteiger partial charge is 0.382 e. The van der Waals surface area contributed by atoms with Crippen LogP contribution in [0.15, 0.2) is 46.9 Å². The molecule has 0 fully saturated rings. The van der Waals surface area contributed by atoms with E-state index in [1.807, 2.05) is 18.2 Å². The maximum atomic E-state index is 13.0. The second-order valence-electron chi connectivity index (χ2n) is 4.22. The molecule has 2 aromatic rings. The third-order valence-electron chi connectivity index (χ3n) is 3.04. The fourth-order valence-electron chi connectivity index (χ4n) is 2.20. The lowest BCUT2D eigenvalue weighted by Crippen LogP contribution is -2.30. The van der Waals surface area contributed by atoms with Gasteiger partial charge in [0.1, 0.15) is 5.82 Å². The van der Waals surface area contributed by atoms with E-state index in [2.05, 4.69) is 38.3 Å². The van der Waals surface area contributed by atoms with Crippen molar-refractivity contribution < 1.29 is 4.39 Å². The molecule has 0 radical (unpaired) electrons. The summed E-state index contributed by atoms with van der Waals surface area (Å²) in [5.74, 6) is -0.204. The predicted molar refractivity (Wildman–Crippen MR) is 76.0 cm³/mol. The minimum absolute atomic E-state index is 0.204. The van der Waals surface area contributed by atoms with Crippen LogP contribution in [0.4, 0.5) is 21.5 Å². The van der Waals surface area contributed by atoms with Crippen molar-refractivity contribution in [1.82, 2.24) is 0 Å². The zero-order valence-electron chi connectivity index (χ0n) is 9.66.